The van der Waals surface area contributed by atoms with Crippen LogP contribution in [0.4, 0.5) is 0 Å². The van der Waals surface area contributed by atoms with Crippen LogP contribution in [0, 0.1) is 0 Å². The van der Waals surface area contributed by atoms with Gasteiger partial charge in [0.15, 0.2) is 0 Å². The number of nitrogens with one attached hydrogen (secondary N) is 1. The van der Waals surface area contributed by atoms with Crippen LogP contribution in [0.5, 0.6) is 0 Å². The largest absolute Gasteiger partial charge is 0.271 e. The average Bonchev–Trinajstić information content (AvgIpc) is 2.38. The van der Waals surface area contributed by atoms with Gasteiger partial charge in [0.1, 0.15) is 0 Å². The van der Waals surface area contributed by atoms with Crippen LogP contribution in [-0.4, -0.2) is 15.5 Å². The Bertz CT molecular complexity index is 543. The van der Waals surface area contributed by atoms with Gasteiger partial charge in [0.2, 0.25) is 0 Å². The van der Waals surface area contributed by atoms with Gasteiger partial charge in [-0.15, -0.1) is 0 Å². The van der Waals surface area contributed by atoms with Crippen LogP contribution in [0.25, 0.3) is 10.9 Å². The SMILES string of the molecule is CC(C)(C)SCC(NN)c1cccc2ncccc12. The molecular weight excluding hydrogens is 254 g/mol. The van der Waals surface area contributed by atoms with Crippen molar-refractivity contribution in [1.82, 2.24) is 10.4 Å². The fourth-order valence-corrected chi connectivity index (χ4v) is 2.93. The third kappa shape index (κ3) is 3.69. The van der Waals surface area contributed by atoms with Crippen molar-refractivity contribution in [1.29, 1.82) is 0 Å². The van der Waals surface area contributed by atoms with Crippen LogP contribution in [-0.2, 0) is 0 Å². The molecule has 19 heavy (non-hydrogen) atoms. The van der Waals surface area contributed by atoms with E-state index in [1.54, 1.807) is 0 Å². The molecule has 0 aliphatic heterocycles. The van der Waals surface area contributed by atoms with Crippen molar-refractivity contribution >= 4 is 22.7 Å². The minimum Gasteiger partial charge on any atom is -0.271 e. The van der Waals surface area contributed by atoms with Crippen molar-refractivity contribution in [3.8, 4) is 0 Å². The van der Waals surface area contributed by atoms with Crippen molar-refractivity contribution < 1.29 is 0 Å². The molecule has 0 aliphatic carbocycles. The normalized spacial score (nSPS) is 13.7. The molecule has 102 valence electrons. The first-order chi connectivity index (χ1) is 9.01. The summed E-state index contributed by atoms with van der Waals surface area (Å²) in [7, 11) is 0. The number of pyridine rings is 1. The lowest BCUT2D eigenvalue weighted by Gasteiger charge is -2.23. The highest BCUT2D eigenvalue weighted by Gasteiger charge is 2.17. The molecule has 1 heterocycles. The van der Waals surface area contributed by atoms with E-state index >= 15 is 0 Å². The summed E-state index contributed by atoms with van der Waals surface area (Å²) in [4.78, 5) is 4.39. The molecule has 0 bridgehead atoms. The zero-order chi connectivity index (χ0) is 13.9. The van der Waals surface area contributed by atoms with Crippen LogP contribution in [0.3, 0.4) is 0 Å². The van der Waals surface area contributed by atoms with Gasteiger partial charge in [-0.25, -0.2) is 0 Å². The molecule has 1 aromatic heterocycles. The number of thioether (sulfide) groups is 1. The molecule has 1 unspecified atom stereocenters. The molecule has 0 fully saturated rings. The van der Waals surface area contributed by atoms with Crippen molar-refractivity contribution in [2.75, 3.05) is 5.75 Å². The maximum Gasteiger partial charge on any atom is 0.0705 e. The van der Waals surface area contributed by atoms with E-state index in [1.165, 1.54) is 10.9 Å². The zero-order valence-electron chi connectivity index (χ0n) is 11.7. The molecule has 0 saturated heterocycles. The highest BCUT2D eigenvalue weighted by atomic mass is 32.2. The summed E-state index contributed by atoms with van der Waals surface area (Å²) in [6, 6.07) is 10.4. The van der Waals surface area contributed by atoms with E-state index in [9.17, 15) is 0 Å². The van der Waals surface area contributed by atoms with Gasteiger partial charge < -0.3 is 0 Å². The number of aromatic nitrogens is 1. The van der Waals surface area contributed by atoms with Gasteiger partial charge in [-0.05, 0) is 17.7 Å². The van der Waals surface area contributed by atoms with Crippen molar-refractivity contribution in [2.45, 2.75) is 31.6 Å². The van der Waals surface area contributed by atoms with E-state index in [0.29, 0.717) is 0 Å². The molecule has 1 atom stereocenters. The first-order valence-electron chi connectivity index (χ1n) is 6.45. The lowest BCUT2D eigenvalue weighted by molar-refractivity contribution is 0.611. The number of hydrogen-bond donors (Lipinski definition) is 2. The summed E-state index contributed by atoms with van der Waals surface area (Å²) >= 11 is 1.91. The summed E-state index contributed by atoms with van der Waals surface area (Å²) in [6.07, 6.45) is 1.82. The number of fused-ring (bicyclic) bond motifs is 1. The van der Waals surface area contributed by atoms with Crippen molar-refractivity contribution in [3.63, 3.8) is 0 Å². The highest BCUT2D eigenvalue weighted by Crippen LogP contribution is 2.30. The number of rotatable bonds is 4. The first kappa shape index (κ1) is 14.3. The smallest absolute Gasteiger partial charge is 0.0705 e. The Kier molecular flexibility index (Phi) is 4.45. The van der Waals surface area contributed by atoms with Gasteiger partial charge in [0, 0.05) is 22.1 Å². The van der Waals surface area contributed by atoms with E-state index in [0.717, 1.165) is 11.3 Å². The molecule has 3 nitrogen and oxygen atoms in total. The lowest BCUT2D eigenvalue weighted by atomic mass is 10.0. The third-order valence-electron chi connectivity index (χ3n) is 2.94. The van der Waals surface area contributed by atoms with E-state index in [4.69, 9.17) is 5.84 Å². The number of hydrazine groups is 1. The minimum absolute atomic E-state index is 0.136. The Balaban J connectivity index is 2.30. The average molecular weight is 275 g/mol. The van der Waals surface area contributed by atoms with Crippen LogP contribution < -0.4 is 11.3 Å². The van der Waals surface area contributed by atoms with Crippen LogP contribution >= 0.6 is 11.8 Å². The second-order valence-corrected chi connectivity index (χ2v) is 7.41. The van der Waals surface area contributed by atoms with Crippen LogP contribution in [0.2, 0.25) is 0 Å². The number of nitrogens with two attached hydrogens (primary N) is 1. The molecule has 3 N–H and O–H groups in total. The van der Waals surface area contributed by atoms with E-state index in [1.807, 2.05) is 36.2 Å². The number of hydrogen-bond acceptors (Lipinski definition) is 4. The maximum absolute atomic E-state index is 5.74. The monoisotopic (exact) mass is 275 g/mol. The van der Waals surface area contributed by atoms with E-state index < -0.39 is 0 Å². The third-order valence-corrected chi connectivity index (χ3v) is 4.31. The summed E-state index contributed by atoms with van der Waals surface area (Å²) in [6.45, 7) is 6.65. The molecule has 0 saturated carbocycles. The second kappa shape index (κ2) is 5.90. The van der Waals surface area contributed by atoms with Gasteiger partial charge in [0.25, 0.3) is 0 Å². The Morgan fingerprint density at radius 2 is 2.05 bits per heavy atom. The molecule has 2 rings (SSSR count). The predicted molar refractivity (Wildman–Crippen MR) is 84.0 cm³/mol. The Labute approximate surface area is 119 Å². The summed E-state index contributed by atoms with van der Waals surface area (Å²) in [5.74, 6) is 6.68. The van der Waals surface area contributed by atoms with Gasteiger partial charge in [-0.2, -0.15) is 11.8 Å². The standard InChI is InChI=1S/C15H21N3S/c1-15(2,3)19-10-14(18-16)12-6-4-8-13-11(12)7-5-9-17-13/h4-9,14,18H,10,16H2,1-3H3. The van der Waals surface area contributed by atoms with Gasteiger partial charge in [0.05, 0.1) is 11.6 Å². The second-order valence-electron chi connectivity index (χ2n) is 5.56. The zero-order valence-corrected chi connectivity index (χ0v) is 12.5. The fourth-order valence-electron chi connectivity index (χ4n) is 1.99. The Morgan fingerprint density at radius 3 is 2.74 bits per heavy atom. The summed E-state index contributed by atoms with van der Waals surface area (Å²) < 4.78 is 0.234. The van der Waals surface area contributed by atoms with Crippen molar-refractivity contribution in [3.05, 3.63) is 42.1 Å². The predicted octanol–water partition coefficient (Wildman–Crippen LogP) is 3.27. The van der Waals surface area contributed by atoms with Crippen molar-refractivity contribution in [2.24, 2.45) is 5.84 Å². The van der Waals surface area contributed by atoms with E-state index in [-0.39, 0.29) is 10.8 Å². The molecule has 4 heteroatoms. The molecule has 0 amide bonds. The Hall–Kier alpha value is -1.10. The molecule has 0 radical (unpaired) electrons. The molecular formula is C15H21N3S. The minimum atomic E-state index is 0.136. The highest BCUT2D eigenvalue weighted by molar-refractivity contribution is 8.00. The van der Waals surface area contributed by atoms with Crippen LogP contribution in [0.1, 0.15) is 32.4 Å². The first-order valence-corrected chi connectivity index (χ1v) is 7.43. The van der Waals surface area contributed by atoms with Gasteiger partial charge >= 0.3 is 0 Å². The van der Waals surface area contributed by atoms with E-state index in [2.05, 4.69) is 43.3 Å². The maximum atomic E-state index is 5.74. The van der Waals surface area contributed by atoms with Gasteiger partial charge in [-0.3, -0.25) is 16.3 Å². The van der Waals surface area contributed by atoms with Gasteiger partial charge in [-0.1, -0.05) is 39.0 Å². The summed E-state index contributed by atoms with van der Waals surface area (Å²) in [5, 5.41) is 1.17. The molecule has 0 spiro atoms. The number of nitrogens with zero attached hydrogens (tertiary/aromatic N) is 1. The molecule has 0 aliphatic rings. The topological polar surface area (TPSA) is 50.9 Å². The fraction of sp³-hybridized carbons (Fsp3) is 0.400. The number of benzene rings is 1. The quantitative estimate of drug-likeness (QED) is 0.664. The Morgan fingerprint density at radius 1 is 1.26 bits per heavy atom. The lowest BCUT2D eigenvalue weighted by Crippen LogP contribution is -2.31. The van der Waals surface area contributed by atoms with Crippen LogP contribution in [0.15, 0.2) is 36.5 Å². The summed E-state index contributed by atoms with van der Waals surface area (Å²) in [5.41, 5.74) is 5.16. The molecule has 1 aromatic carbocycles. The molecule has 2 aromatic rings.